The predicted molar refractivity (Wildman–Crippen MR) is 132 cm³/mol. The summed E-state index contributed by atoms with van der Waals surface area (Å²) < 4.78 is 23.6. The molecule has 0 spiro atoms. The summed E-state index contributed by atoms with van der Waals surface area (Å²) in [6.07, 6.45) is 1.73. The largest absolute Gasteiger partial charge is 0.497 e. The fraction of sp³-hybridized carbons (Fsp3) is 0.200. The summed E-state index contributed by atoms with van der Waals surface area (Å²) in [6, 6.07) is 21.1. The van der Waals surface area contributed by atoms with Gasteiger partial charge < -0.3 is 18.9 Å². The molecule has 0 bridgehead atoms. The first kappa shape index (κ1) is 22.4. The number of rotatable bonds is 11. The normalized spacial score (nSPS) is 11.0. The highest BCUT2D eigenvalue weighted by atomic mass is 32.1. The summed E-state index contributed by atoms with van der Waals surface area (Å²) in [5, 5.41) is 5.05. The Bertz CT molecular complexity index is 1170. The molecule has 170 valence electrons. The standard InChI is InChI=1S/C25H25N3O4S/c1-3-30-23-16-18(17-26-28-25-27-21-6-4-5-7-24(21)33-25)8-13-22(23)32-15-14-31-20-11-9-19(29-2)10-12-20/h4-13,16-17H,3,14-15H2,1-2H3,(H,27,28)/b26-17+. The molecule has 0 unspecified atom stereocenters. The number of thiazole rings is 1. The first-order valence-electron chi connectivity index (χ1n) is 10.6. The van der Waals surface area contributed by atoms with Crippen molar-refractivity contribution in [1.82, 2.24) is 4.98 Å². The van der Waals surface area contributed by atoms with E-state index in [1.165, 1.54) is 0 Å². The van der Waals surface area contributed by atoms with Crippen LogP contribution in [0, 0.1) is 0 Å². The summed E-state index contributed by atoms with van der Waals surface area (Å²) in [7, 11) is 1.63. The molecule has 0 fully saturated rings. The number of nitrogens with zero attached hydrogens (tertiary/aromatic N) is 2. The van der Waals surface area contributed by atoms with E-state index in [9.17, 15) is 0 Å². The topological polar surface area (TPSA) is 74.2 Å². The number of fused-ring (bicyclic) bond motifs is 1. The second-order valence-electron chi connectivity index (χ2n) is 6.87. The third kappa shape index (κ3) is 6.14. The molecule has 1 aromatic heterocycles. The molecule has 3 aromatic carbocycles. The lowest BCUT2D eigenvalue weighted by atomic mass is 10.2. The number of hydrogen-bond donors (Lipinski definition) is 1. The SMILES string of the molecule is CCOc1cc(/C=N/Nc2nc3ccccc3s2)ccc1OCCOc1ccc(OC)cc1. The molecule has 1 heterocycles. The molecule has 4 aromatic rings. The number of methoxy groups -OCH3 is 1. The van der Waals surface area contributed by atoms with Gasteiger partial charge in [0.15, 0.2) is 11.5 Å². The number of para-hydroxylation sites is 1. The maximum atomic E-state index is 5.88. The number of anilines is 1. The van der Waals surface area contributed by atoms with Crippen LogP contribution in [-0.2, 0) is 0 Å². The predicted octanol–water partition coefficient (Wildman–Crippen LogP) is 5.61. The van der Waals surface area contributed by atoms with Gasteiger partial charge in [0.1, 0.15) is 24.7 Å². The van der Waals surface area contributed by atoms with Gasteiger partial charge >= 0.3 is 0 Å². The van der Waals surface area contributed by atoms with Crippen LogP contribution in [-0.4, -0.2) is 38.1 Å². The second-order valence-corrected chi connectivity index (χ2v) is 7.90. The molecule has 0 radical (unpaired) electrons. The number of hydrazone groups is 1. The number of benzene rings is 3. The van der Waals surface area contributed by atoms with Crippen LogP contribution in [0.15, 0.2) is 71.8 Å². The highest BCUT2D eigenvalue weighted by Crippen LogP contribution is 2.29. The molecule has 0 aliphatic heterocycles. The lowest BCUT2D eigenvalue weighted by molar-refractivity contribution is 0.208. The van der Waals surface area contributed by atoms with Crippen molar-refractivity contribution in [2.24, 2.45) is 5.10 Å². The van der Waals surface area contributed by atoms with E-state index in [0.29, 0.717) is 31.3 Å². The molecule has 0 atom stereocenters. The summed E-state index contributed by atoms with van der Waals surface area (Å²) in [5.41, 5.74) is 4.83. The average molecular weight is 464 g/mol. The van der Waals surface area contributed by atoms with E-state index in [-0.39, 0.29) is 0 Å². The summed E-state index contributed by atoms with van der Waals surface area (Å²) in [4.78, 5) is 4.51. The van der Waals surface area contributed by atoms with Gasteiger partial charge in [-0.25, -0.2) is 4.98 Å². The maximum absolute atomic E-state index is 5.88. The van der Waals surface area contributed by atoms with Crippen LogP contribution < -0.4 is 24.4 Å². The van der Waals surface area contributed by atoms with E-state index in [0.717, 1.165) is 32.4 Å². The minimum Gasteiger partial charge on any atom is -0.497 e. The molecule has 0 aliphatic carbocycles. The quantitative estimate of drug-likeness (QED) is 0.177. The van der Waals surface area contributed by atoms with E-state index in [1.807, 2.05) is 73.7 Å². The van der Waals surface area contributed by atoms with Gasteiger partial charge in [-0.15, -0.1) is 0 Å². The highest BCUT2D eigenvalue weighted by Gasteiger charge is 2.07. The minimum absolute atomic E-state index is 0.388. The molecule has 1 N–H and O–H groups in total. The van der Waals surface area contributed by atoms with Crippen molar-refractivity contribution in [1.29, 1.82) is 0 Å². The Labute approximate surface area is 196 Å². The van der Waals surface area contributed by atoms with Crippen LogP contribution in [0.25, 0.3) is 10.2 Å². The fourth-order valence-electron chi connectivity index (χ4n) is 3.06. The molecular formula is C25H25N3O4S. The lowest BCUT2D eigenvalue weighted by Crippen LogP contribution is -2.10. The molecule has 8 heteroatoms. The Hall–Kier alpha value is -3.78. The second kappa shape index (κ2) is 11.2. The Morgan fingerprint density at radius 1 is 0.909 bits per heavy atom. The molecule has 33 heavy (non-hydrogen) atoms. The molecule has 0 aliphatic rings. The zero-order chi connectivity index (χ0) is 22.9. The van der Waals surface area contributed by atoms with Crippen LogP contribution in [0.5, 0.6) is 23.0 Å². The van der Waals surface area contributed by atoms with Gasteiger partial charge in [0.05, 0.1) is 30.1 Å². The summed E-state index contributed by atoms with van der Waals surface area (Å²) in [6.45, 7) is 3.27. The van der Waals surface area contributed by atoms with Gasteiger partial charge in [-0.1, -0.05) is 23.5 Å². The van der Waals surface area contributed by atoms with E-state index in [4.69, 9.17) is 18.9 Å². The Kier molecular flexibility index (Phi) is 7.60. The van der Waals surface area contributed by atoms with E-state index < -0.39 is 0 Å². The summed E-state index contributed by atoms with van der Waals surface area (Å²) in [5.74, 6) is 2.87. The molecule has 0 amide bonds. The van der Waals surface area contributed by atoms with Gasteiger partial charge in [-0.3, -0.25) is 5.43 Å². The van der Waals surface area contributed by atoms with Crippen LogP contribution in [0.4, 0.5) is 5.13 Å². The van der Waals surface area contributed by atoms with Crippen LogP contribution in [0.3, 0.4) is 0 Å². The highest BCUT2D eigenvalue weighted by molar-refractivity contribution is 7.22. The number of hydrogen-bond acceptors (Lipinski definition) is 8. The lowest BCUT2D eigenvalue weighted by Gasteiger charge is -2.13. The Balaban J connectivity index is 1.32. The molecule has 0 saturated heterocycles. The average Bonchev–Trinajstić information content (AvgIpc) is 3.26. The van der Waals surface area contributed by atoms with E-state index in [1.54, 1.807) is 24.7 Å². The number of ether oxygens (including phenoxy) is 4. The van der Waals surface area contributed by atoms with Crippen molar-refractivity contribution in [3.63, 3.8) is 0 Å². The van der Waals surface area contributed by atoms with Crippen molar-refractivity contribution >= 4 is 32.9 Å². The monoisotopic (exact) mass is 463 g/mol. The molecule has 4 rings (SSSR count). The fourth-order valence-corrected chi connectivity index (χ4v) is 3.87. The molecular weight excluding hydrogens is 438 g/mol. The van der Waals surface area contributed by atoms with E-state index in [2.05, 4.69) is 15.5 Å². The van der Waals surface area contributed by atoms with Crippen molar-refractivity contribution in [2.45, 2.75) is 6.92 Å². The first-order chi connectivity index (χ1) is 16.2. The summed E-state index contributed by atoms with van der Waals surface area (Å²) >= 11 is 1.56. The van der Waals surface area contributed by atoms with Crippen LogP contribution >= 0.6 is 11.3 Å². The van der Waals surface area contributed by atoms with Crippen LogP contribution in [0.1, 0.15) is 12.5 Å². The van der Waals surface area contributed by atoms with Crippen molar-refractivity contribution < 1.29 is 18.9 Å². The number of aromatic nitrogens is 1. The Morgan fingerprint density at radius 2 is 1.70 bits per heavy atom. The van der Waals surface area contributed by atoms with E-state index >= 15 is 0 Å². The van der Waals surface area contributed by atoms with Gasteiger partial charge in [0.2, 0.25) is 5.13 Å². The number of nitrogens with one attached hydrogen (secondary N) is 1. The van der Waals surface area contributed by atoms with Gasteiger partial charge in [0, 0.05) is 0 Å². The molecule has 0 saturated carbocycles. The van der Waals surface area contributed by atoms with Crippen molar-refractivity contribution in [3.05, 3.63) is 72.3 Å². The third-order valence-electron chi connectivity index (χ3n) is 4.60. The first-order valence-corrected chi connectivity index (χ1v) is 11.4. The minimum atomic E-state index is 0.388. The zero-order valence-corrected chi connectivity index (χ0v) is 19.3. The zero-order valence-electron chi connectivity index (χ0n) is 18.5. The van der Waals surface area contributed by atoms with Crippen molar-refractivity contribution in [2.75, 3.05) is 32.4 Å². The van der Waals surface area contributed by atoms with Gasteiger partial charge in [-0.2, -0.15) is 5.10 Å². The Morgan fingerprint density at radius 3 is 2.48 bits per heavy atom. The van der Waals surface area contributed by atoms with Crippen molar-refractivity contribution in [3.8, 4) is 23.0 Å². The molecule has 7 nitrogen and oxygen atoms in total. The smallest absolute Gasteiger partial charge is 0.204 e. The third-order valence-corrected chi connectivity index (χ3v) is 5.55. The van der Waals surface area contributed by atoms with Gasteiger partial charge in [-0.05, 0) is 67.1 Å². The van der Waals surface area contributed by atoms with Crippen LogP contribution in [0.2, 0.25) is 0 Å². The van der Waals surface area contributed by atoms with Gasteiger partial charge in [0.25, 0.3) is 0 Å². The maximum Gasteiger partial charge on any atom is 0.204 e.